The SMILES string of the molecule is O=C(NCc1ccnc(Cl)c1)n1c2c(c3cc4c(cc31)COC4)CN(C/C=C/c1ccc(C(F)(F)F)cc1)CC2. The van der Waals surface area contributed by atoms with Gasteiger partial charge in [0.1, 0.15) is 5.15 Å². The summed E-state index contributed by atoms with van der Waals surface area (Å²) in [6, 6.07) is 12.7. The van der Waals surface area contributed by atoms with Gasteiger partial charge in [0.25, 0.3) is 0 Å². The number of nitrogens with zero attached hydrogens (tertiary/aromatic N) is 3. The van der Waals surface area contributed by atoms with Crippen LogP contribution in [0.5, 0.6) is 0 Å². The Morgan fingerprint density at radius 3 is 2.62 bits per heavy atom. The average molecular weight is 567 g/mol. The molecule has 0 saturated heterocycles. The van der Waals surface area contributed by atoms with Gasteiger partial charge in [-0.1, -0.05) is 35.9 Å². The Morgan fingerprint density at radius 2 is 1.88 bits per heavy atom. The van der Waals surface area contributed by atoms with Gasteiger partial charge < -0.3 is 10.1 Å². The number of carbonyl (C=O) groups excluding carboxylic acids is 1. The smallest absolute Gasteiger partial charge is 0.372 e. The van der Waals surface area contributed by atoms with Crippen molar-refractivity contribution in [2.45, 2.75) is 38.9 Å². The third-order valence-corrected chi connectivity index (χ3v) is 7.62. The van der Waals surface area contributed by atoms with Crippen LogP contribution >= 0.6 is 11.6 Å². The van der Waals surface area contributed by atoms with E-state index in [1.54, 1.807) is 16.8 Å². The molecule has 0 radical (unpaired) electrons. The fourth-order valence-corrected chi connectivity index (χ4v) is 5.60. The number of aromatic nitrogens is 2. The van der Waals surface area contributed by atoms with Crippen molar-refractivity contribution in [1.82, 2.24) is 19.8 Å². The van der Waals surface area contributed by atoms with Gasteiger partial charge in [-0.25, -0.2) is 9.78 Å². The molecule has 0 fully saturated rings. The molecule has 4 heterocycles. The molecular weight excluding hydrogens is 541 g/mol. The number of halogens is 4. The first-order chi connectivity index (χ1) is 19.3. The molecule has 0 saturated carbocycles. The van der Waals surface area contributed by atoms with Crippen molar-refractivity contribution < 1.29 is 22.7 Å². The first-order valence-electron chi connectivity index (χ1n) is 13.0. The van der Waals surface area contributed by atoms with Gasteiger partial charge >= 0.3 is 12.2 Å². The number of rotatable bonds is 5. The molecule has 1 N–H and O–H groups in total. The van der Waals surface area contributed by atoms with Crippen molar-refractivity contribution in [3.8, 4) is 0 Å². The first kappa shape index (κ1) is 26.6. The summed E-state index contributed by atoms with van der Waals surface area (Å²) < 4.78 is 46.0. The number of ether oxygens (including phenoxy) is 1. The number of pyridine rings is 1. The predicted molar refractivity (Wildman–Crippen MR) is 147 cm³/mol. The second kappa shape index (κ2) is 10.7. The number of benzene rings is 2. The lowest BCUT2D eigenvalue weighted by Crippen LogP contribution is -2.34. The molecule has 1 amide bonds. The maximum absolute atomic E-state index is 13.5. The normalized spacial score (nSPS) is 15.5. The van der Waals surface area contributed by atoms with Crippen molar-refractivity contribution in [1.29, 1.82) is 0 Å². The van der Waals surface area contributed by atoms with E-state index in [1.165, 1.54) is 12.1 Å². The van der Waals surface area contributed by atoms with E-state index in [1.807, 2.05) is 18.2 Å². The summed E-state index contributed by atoms with van der Waals surface area (Å²) in [5, 5.41) is 4.44. The van der Waals surface area contributed by atoms with Crippen LogP contribution in [0, 0.1) is 0 Å². The summed E-state index contributed by atoms with van der Waals surface area (Å²) in [4.78, 5) is 19.8. The largest absolute Gasteiger partial charge is 0.416 e. The number of amides is 1. The summed E-state index contributed by atoms with van der Waals surface area (Å²) in [5.41, 5.74) is 6.11. The Kier molecular flexibility index (Phi) is 7.12. The standard InChI is InChI=1S/C30H26ClF3N4O2/c31-28-12-20(7-9-35-28)15-36-29(39)38-26-8-11-37(10-1-2-19-3-5-23(6-4-19)30(32,33)34)16-25(26)24-13-21-17-40-18-22(21)14-27(24)38/h1-7,9,12-14H,8,10-11,15-18H2,(H,36,39)/b2-1+. The number of hydrogen-bond donors (Lipinski definition) is 1. The molecule has 2 aliphatic heterocycles. The molecule has 206 valence electrons. The monoisotopic (exact) mass is 566 g/mol. The van der Waals surface area contributed by atoms with E-state index in [4.69, 9.17) is 16.3 Å². The molecule has 0 spiro atoms. The summed E-state index contributed by atoms with van der Waals surface area (Å²) in [6.07, 6.45) is 1.75. The summed E-state index contributed by atoms with van der Waals surface area (Å²) in [5.74, 6) is 0. The molecule has 0 unspecified atom stereocenters. The van der Waals surface area contributed by atoms with E-state index >= 15 is 0 Å². The highest BCUT2D eigenvalue weighted by Crippen LogP contribution is 2.35. The molecule has 2 aromatic heterocycles. The zero-order valence-corrected chi connectivity index (χ0v) is 22.2. The van der Waals surface area contributed by atoms with Crippen LogP contribution in [0.25, 0.3) is 17.0 Å². The predicted octanol–water partition coefficient (Wildman–Crippen LogP) is 6.57. The van der Waals surface area contributed by atoms with Crippen LogP contribution in [0.15, 0.2) is 60.8 Å². The highest BCUT2D eigenvalue weighted by molar-refractivity contribution is 6.29. The van der Waals surface area contributed by atoms with Crippen LogP contribution in [0.1, 0.15) is 39.1 Å². The number of fused-ring (bicyclic) bond motifs is 4. The lowest BCUT2D eigenvalue weighted by atomic mass is 10.0. The molecule has 2 aromatic carbocycles. The molecule has 40 heavy (non-hydrogen) atoms. The molecule has 10 heteroatoms. The van der Waals surface area contributed by atoms with Crippen molar-refractivity contribution in [2.75, 3.05) is 13.1 Å². The third-order valence-electron chi connectivity index (χ3n) is 7.41. The Labute approximate surface area is 234 Å². The molecule has 0 atom stereocenters. The summed E-state index contributed by atoms with van der Waals surface area (Å²) in [7, 11) is 0. The highest BCUT2D eigenvalue weighted by Gasteiger charge is 2.30. The molecular formula is C30H26ClF3N4O2. The van der Waals surface area contributed by atoms with Gasteiger partial charge in [-0.2, -0.15) is 13.2 Å². The minimum Gasteiger partial charge on any atom is -0.372 e. The van der Waals surface area contributed by atoms with Crippen molar-refractivity contribution in [2.24, 2.45) is 0 Å². The molecule has 2 aliphatic rings. The maximum Gasteiger partial charge on any atom is 0.416 e. The van der Waals surface area contributed by atoms with E-state index in [9.17, 15) is 18.0 Å². The van der Waals surface area contributed by atoms with Crippen LogP contribution in [0.4, 0.5) is 18.0 Å². The summed E-state index contributed by atoms with van der Waals surface area (Å²) in [6.45, 7) is 3.44. The van der Waals surface area contributed by atoms with Crippen LogP contribution in [-0.2, 0) is 43.6 Å². The van der Waals surface area contributed by atoms with Gasteiger partial charge in [-0.15, -0.1) is 0 Å². The molecule has 0 bridgehead atoms. The number of hydrogen-bond acceptors (Lipinski definition) is 4. The Hall–Kier alpha value is -3.66. The maximum atomic E-state index is 13.5. The van der Waals surface area contributed by atoms with E-state index in [0.717, 1.165) is 57.5 Å². The quantitative estimate of drug-likeness (QED) is 0.278. The second-order valence-electron chi connectivity index (χ2n) is 10.0. The van der Waals surface area contributed by atoms with E-state index < -0.39 is 11.7 Å². The Morgan fingerprint density at radius 1 is 1.10 bits per heavy atom. The lowest BCUT2D eigenvalue weighted by Gasteiger charge is -2.27. The minimum absolute atomic E-state index is 0.200. The van der Waals surface area contributed by atoms with Crippen molar-refractivity contribution in [3.05, 3.63) is 105 Å². The minimum atomic E-state index is -4.34. The average Bonchev–Trinajstić information content (AvgIpc) is 3.52. The van der Waals surface area contributed by atoms with E-state index in [2.05, 4.69) is 27.3 Å². The first-order valence-corrected chi connectivity index (χ1v) is 13.3. The van der Waals surface area contributed by atoms with Gasteiger partial charge in [0.15, 0.2) is 0 Å². The molecule has 6 nitrogen and oxygen atoms in total. The molecule has 0 aliphatic carbocycles. The van der Waals surface area contributed by atoms with Crippen LogP contribution in [0.3, 0.4) is 0 Å². The molecule has 4 aromatic rings. The molecule has 6 rings (SSSR count). The van der Waals surface area contributed by atoms with Crippen LogP contribution < -0.4 is 5.32 Å². The Bertz CT molecular complexity index is 1610. The van der Waals surface area contributed by atoms with E-state index in [0.29, 0.717) is 50.0 Å². The number of nitrogens with one attached hydrogen (secondary N) is 1. The van der Waals surface area contributed by atoms with E-state index in [-0.39, 0.29) is 6.03 Å². The van der Waals surface area contributed by atoms with Crippen LogP contribution in [0.2, 0.25) is 5.15 Å². The van der Waals surface area contributed by atoms with Gasteiger partial charge in [0, 0.05) is 49.9 Å². The fourth-order valence-electron chi connectivity index (χ4n) is 5.40. The zero-order valence-electron chi connectivity index (χ0n) is 21.5. The second-order valence-corrected chi connectivity index (χ2v) is 10.4. The topological polar surface area (TPSA) is 59.4 Å². The highest BCUT2D eigenvalue weighted by atomic mass is 35.5. The Balaban J connectivity index is 1.23. The lowest BCUT2D eigenvalue weighted by molar-refractivity contribution is -0.137. The van der Waals surface area contributed by atoms with Crippen molar-refractivity contribution >= 4 is 34.6 Å². The van der Waals surface area contributed by atoms with Gasteiger partial charge in [-0.3, -0.25) is 9.47 Å². The van der Waals surface area contributed by atoms with Gasteiger partial charge in [-0.05, 0) is 64.2 Å². The van der Waals surface area contributed by atoms with Gasteiger partial charge in [0.2, 0.25) is 0 Å². The summed E-state index contributed by atoms with van der Waals surface area (Å²) >= 11 is 6.00. The number of alkyl halides is 3. The van der Waals surface area contributed by atoms with Crippen molar-refractivity contribution in [3.63, 3.8) is 0 Å². The number of carbonyl (C=O) groups is 1. The van der Waals surface area contributed by atoms with Gasteiger partial charge in [0.05, 0.1) is 24.3 Å². The van der Waals surface area contributed by atoms with Crippen LogP contribution in [-0.4, -0.2) is 33.6 Å². The zero-order chi connectivity index (χ0) is 27.9. The third kappa shape index (κ3) is 5.37. The fraction of sp³-hybridized carbons (Fsp3) is 0.267.